The molecule has 87 heavy (non-hydrogen) atoms. The van der Waals surface area contributed by atoms with Crippen LogP contribution in [0.3, 0.4) is 0 Å². The number of hydrogen-bond donors (Lipinski definition) is 12. The smallest absolute Gasteiger partial charge is 0.326 e. The van der Waals surface area contributed by atoms with E-state index >= 15 is 0 Å². The van der Waals surface area contributed by atoms with Crippen molar-refractivity contribution < 1.29 is 58.2 Å². The Balaban J connectivity index is 1.16. The summed E-state index contributed by atoms with van der Waals surface area (Å²) in [5.74, 6) is -8.35. The molecule has 0 saturated carbocycles. The van der Waals surface area contributed by atoms with E-state index in [2.05, 4.69) is 46.9 Å². The summed E-state index contributed by atoms with van der Waals surface area (Å²) in [7, 11) is 0. The Bertz CT molecular complexity index is 2920. The monoisotopic (exact) mass is 1210 g/mol. The topological polar surface area (TPSA) is 412 Å². The Hall–Kier alpha value is -8.20. The van der Waals surface area contributed by atoms with E-state index in [1.165, 1.54) is 27.2 Å². The van der Waals surface area contributed by atoms with Gasteiger partial charge in [-0.05, 0) is 92.4 Å². The number of carboxylic acids is 1. The van der Waals surface area contributed by atoms with Gasteiger partial charge in [0, 0.05) is 50.9 Å². The molecule has 1 aromatic heterocycles. The van der Waals surface area contributed by atoms with E-state index in [0.29, 0.717) is 49.9 Å². The highest BCUT2D eigenvalue weighted by Gasteiger charge is 2.44. The molecule has 27 heteroatoms. The van der Waals surface area contributed by atoms with Crippen LogP contribution >= 0.6 is 0 Å². The number of fused-ring (bicyclic) bond motifs is 1. The van der Waals surface area contributed by atoms with E-state index in [-0.39, 0.29) is 82.4 Å². The summed E-state index contributed by atoms with van der Waals surface area (Å²) in [4.78, 5) is 155. The van der Waals surface area contributed by atoms with Crippen molar-refractivity contribution >= 4 is 75.9 Å². The van der Waals surface area contributed by atoms with Gasteiger partial charge in [0.15, 0.2) is 5.96 Å². The van der Waals surface area contributed by atoms with E-state index in [4.69, 9.17) is 17.2 Å². The third kappa shape index (κ3) is 18.9. The molecule has 0 bridgehead atoms. The maximum absolute atomic E-state index is 14.7. The van der Waals surface area contributed by atoms with Gasteiger partial charge in [0.1, 0.15) is 54.4 Å². The maximum Gasteiger partial charge on any atom is 0.326 e. The summed E-state index contributed by atoms with van der Waals surface area (Å²) in [6.07, 6.45) is 7.08. The molecule has 3 aliphatic rings. The zero-order valence-electron chi connectivity index (χ0n) is 50.5. The molecule has 0 unspecified atom stereocenters. The lowest BCUT2D eigenvalue weighted by Gasteiger charge is -2.33. The third-order valence-electron chi connectivity index (χ3n) is 16.1. The van der Waals surface area contributed by atoms with Crippen LogP contribution in [0.25, 0.3) is 10.8 Å². The summed E-state index contributed by atoms with van der Waals surface area (Å²) in [5, 5.41) is 38.7. The molecule has 6 rings (SSSR count). The number of amides is 9. The van der Waals surface area contributed by atoms with Gasteiger partial charge in [-0.1, -0.05) is 89.9 Å². The van der Waals surface area contributed by atoms with Gasteiger partial charge in [-0.15, -0.1) is 0 Å². The number of carboxylic acid groups (broad SMARTS) is 1. The molecule has 0 radical (unpaired) electrons. The van der Waals surface area contributed by atoms with Gasteiger partial charge in [0.2, 0.25) is 53.2 Å². The first-order valence-corrected chi connectivity index (χ1v) is 30.3. The zero-order chi connectivity index (χ0) is 63.5. The number of rotatable bonds is 31. The van der Waals surface area contributed by atoms with Gasteiger partial charge in [0.05, 0.1) is 19.0 Å². The highest BCUT2D eigenvalue weighted by molar-refractivity contribution is 5.99. The lowest BCUT2D eigenvalue weighted by atomic mass is 9.99. The number of hydrogen-bond acceptors (Lipinski definition) is 14. The first-order chi connectivity index (χ1) is 41.5. The summed E-state index contributed by atoms with van der Waals surface area (Å²) in [6.45, 7) is 8.71. The minimum absolute atomic E-state index is 0.0236. The first-order valence-electron chi connectivity index (χ1n) is 30.3. The molecule has 9 amide bonds. The van der Waals surface area contributed by atoms with Crippen molar-refractivity contribution in [2.24, 2.45) is 34.0 Å². The third-order valence-corrected chi connectivity index (χ3v) is 16.1. The number of H-pyrrole nitrogens is 1. The molecule has 3 fully saturated rings. The number of nitrogens with two attached hydrogens (primary N) is 3. The number of aliphatic imine (C=N–C) groups is 1. The number of carbonyl (C=O) groups is 10. The van der Waals surface area contributed by atoms with E-state index < -0.39 is 126 Å². The molecule has 10 atom stereocenters. The van der Waals surface area contributed by atoms with Crippen molar-refractivity contribution in [3.63, 3.8) is 0 Å². The fourth-order valence-electron chi connectivity index (χ4n) is 11.4. The molecule has 0 spiro atoms. The molecule has 0 aliphatic carbocycles. The molecular weight excluding hydrogens is 1120 g/mol. The van der Waals surface area contributed by atoms with Crippen molar-refractivity contribution in [2.45, 2.75) is 185 Å². The Morgan fingerprint density at radius 1 is 0.655 bits per heavy atom. The van der Waals surface area contributed by atoms with Gasteiger partial charge >= 0.3 is 5.97 Å². The largest absolute Gasteiger partial charge is 0.480 e. The number of unbranched alkanes of at least 4 members (excludes halogenated alkanes) is 1. The molecule has 4 heterocycles. The van der Waals surface area contributed by atoms with Crippen LogP contribution in [0.5, 0.6) is 0 Å². The summed E-state index contributed by atoms with van der Waals surface area (Å²) >= 11 is 0. The fourth-order valence-corrected chi connectivity index (χ4v) is 11.4. The standard InChI is InChI=1S/C60H89N15O12/c1-6-7-16-40(61)56(83)73-24-11-18-46(73)54(81)69-42(27-34(2)3)51(78)68-43(30-39-31-64-33-66-39)52(79)71-45(32-76)53(80)67-41(17-10-23-65-60(62)63)50(77)72-49(35(4)5)58(85)74-25-12-19-47(74)55(82)70-44(57(84)75-26-13-20-48(75)59(86)87)29-36-21-22-37-14-8-9-15-38(37)28-36/h8-9,14-15,21-22,28,31,33-35,40-49,76H,6-7,10-13,16-20,23-27,29-30,32,61H2,1-5H3,(H,64,66)(H,67,80)(H,68,78)(H,69,81)(H,70,82)(H,71,79)(H,72,77)(H,86,87)(H4,62,63,65)/t40-,41-,42-,43-,44-,45-,46-,47-,48-,49-/m0/s1. The number of benzene rings is 2. The van der Waals surface area contributed by atoms with Crippen LogP contribution in [0.1, 0.15) is 123 Å². The first kappa shape index (κ1) is 67.9. The average molecular weight is 1210 g/mol. The number of aromatic amines is 1. The number of aliphatic hydroxyl groups is 1. The van der Waals surface area contributed by atoms with Crippen molar-refractivity contribution in [1.82, 2.24) is 56.6 Å². The van der Waals surface area contributed by atoms with Gasteiger partial charge in [-0.2, -0.15) is 0 Å². The number of aromatic nitrogens is 2. The van der Waals surface area contributed by atoms with Crippen LogP contribution in [0.15, 0.2) is 60.0 Å². The van der Waals surface area contributed by atoms with Crippen molar-refractivity contribution in [3.05, 3.63) is 66.2 Å². The highest BCUT2D eigenvalue weighted by Crippen LogP contribution is 2.25. The minimum atomic E-state index is -1.71. The van der Waals surface area contributed by atoms with Crippen LogP contribution in [0.4, 0.5) is 0 Å². The van der Waals surface area contributed by atoms with Gasteiger partial charge in [0.25, 0.3) is 0 Å². The molecular formula is C60H89N15O12. The lowest BCUT2D eigenvalue weighted by Crippen LogP contribution is -2.61. The molecule has 3 aliphatic heterocycles. The quantitative estimate of drug-likeness (QED) is 0.0221. The normalized spacial score (nSPS) is 19.1. The Labute approximate surface area is 506 Å². The van der Waals surface area contributed by atoms with Crippen molar-refractivity contribution in [1.29, 1.82) is 0 Å². The Kier molecular flexibility index (Phi) is 25.4. The van der Waals surface area contributed by atoms with Crippen molar-refractivity contribution in [2.75, 3.05) is 32.8 Å². The SMILES string of the molecule is CCCC[C@H](N)C(=O)N1CCC[C@H]1C(=O)N[C@@H](CC(C)C)C(=O)N[C@@H](Cc1cnc[nH]1)C(=O)N[C@@H](CO)C(=O)N[C@@H](CCCN=C(N)N)C(=O)N[C@H](C(=O)N1CCC[C@H]1C(=O)N[C@@H](Cc1ccc2ccccc2c1)C(=O)N1CCC[C@H]1C(=O)O)C(C)C. The van der Waals surface area contributed by atoms with Gasteiger partial charge in [-0.3, -0.25) is 48.1 Å². The number of nitrogens with one attached hydrogen (secondary N) is 7. The van der Waals surface area contributed by atoms with E-state index in [1.54, 1.807) is 13.8 Å². The van der Waals surface area contributed by atoms with Crippen LogP contribution in [-0.4, -0.2) is 193 Å². The van der Waals surface area contributed by atoms with E-state index in [9.17, 15) is 58.2 Å². The number of carbonyl (C=O) groups excluding carboxylic acids is 9. The lowest BCUT2D eigenvalue weighted by molar-refractivity contribution is -0.150. The summed E-state index contributed by atoms with van der Waals surface area (Å²) < 4.78 is 0. The molecule has 476 valence electrons. The predicted molar refractivity (Wildman–Crippen MR) is 322 cm³/mol. The molecule has 2 aromatic carbocycles. The van der Waals surface area contributed by atoms with Crippen LogP contribution in [-0.2, 0) is 60.8 Å². The highest BCUT2D eigenvalue weighted by atomic mass is 16.4. The summed E-state index contributed by atoms with van der Waals surface area (Å²) in [5.41, 5.74) is 18.5. The van der Waals surface area contributed by atoms with Crippen LogP contribution in [0, 0.1) is 11.8 Å². The molecule has 27 nitrogen and oxygen atoms in total. The molecule has 15 N–H and O–H groups in total. The fraction of sp³-hybridized carbons (Fsp3) is 0.600. The number of guanidine groups is 1. The van der Waals surface area contributed by atoms with Gasteiger partial charge in [-0.25, -0.2) is 9.78 Å². The zero-order valence-corrected chi connectivity index (χ0v) is 50.5. The average Bonchev–Trinajstić information content (AvgIpc) is 2.90. The van der Waals surface area contributed by atoms with Gasteiger partial charge < -0.3 is 79.0 Å². The van der Waals surface area contributed by atoms with Crippen LogP contribution in [0.2, 0.25) is 0 Å². The number of imidazole rings is 1. The predicted octanol–water partition coefficient (Wildman–Crippen LogP) is -0.420. The molecule has 3 aromatic rings. The number of nitrogens with zero attached hydrogens (tertiary/aromatic N) is 5. The number of likely N-dealkylation sites (tertiary alicyclic amines) is 3. The van der Waals surface area contributed by atoms with Crippen molar-refractivity contribution in [3.8, 4) is 0 Å². The maximum atomic E-state index is 14.7. The minimum Gasteiger partial charge on any atom is -0.480 e. The Morgan fingerprint density at radius 2 is 1.22 bits per heavy atom. The number of aliphatic hydroxyl groups excluding tert-OH is 1. The second-order valence-corrected chi connectivity index (χ2v) is 23.6. The van der Waals surface area contributed by atoms with E-state index in [1.807, 2.05) is 63.2 Å². The van der Waals surface area contributed by atoms with E-state index in [0.717, 1.165) is 23.6 Å². The second-order valence-electron chi connectivity index (χ2n) is 23.6. The van der Waals surface area contributed by atoms with Crippen LogP contribution < -0.4 is 49.1 Å². The molecule has 3 saturated heterocycles. The second kappa shape index (κ2) is 32.5. The summed E-state index contributed by atoms with van der Waals surface area (Å²) in [6, 6.07) is 1.28. The Morgan fingerprint density at radius 3 is 1.80 bits per heavy atom. The number of aliphatic carboxylic acids is 1.